The van der Waals surface area contributed by atoms with E-state index in [0.29, 0.717) is 0 Å². The van der Waals surface area contributed by atoms with Gasteiger partial charge in [-0.1, -0.05) is 0 Å². The van der Waals surface area contributed by atoms with Crippen LogP contribution in [0.15, 0.2) is 0 Å². The second-order valence-electron chi connectivity index (χ2n) is 3.46. The van der Waals surface area contributed by atoms with Crippen LogP contribution in [0.2, 0.25) is 0 Å². The Labute approximate surface area is 55.7 Å². The molecule has 0 aromatic rings. The molecule has 48 valence electrons. The molecule has 0 heterocycles. The summed E-state index contributed by atoms with van der Waals surface area (Å²) < 4.78 is 0. The van der Waals surface area contributed by atoms with Gasteiger partial charge in [-0.05, 0) is 37.0 Å². The molecule has 0 unspecified atom stereocenters. The van der Waals surface area contributed by atoms with Crippen molar-refractivity contribution in [2.24, 2.45) is 17.8 Å². The van der Waals surface area contributed by atoms with Crippen molar-refractivity contribution in [3.05, 3.63) is 0 Å². The Morgan fingerprint density at radius 1 is 1.22 bits per heavy atom. The lowest BCUT2D eigenvalue weighted by Gasteiger charge is -2.03. The first kappa shape index (κ1) is 5.29. The molecule has 0 spiro atoms. The Morgan fingerprint density at radius 3 is 2.44 bits per heavy atom. The maximum atomic E-state index is 8.38. The maximum absolute atomic E-state index is 8.38. The van der Waals surface area contributed by atoms with Gasteiger partial charge in [0.2, 0.25) is 0 Å². The Bertz CT molecular complexity index is 146. The minimum atomic E-state index is 0.777. The highest BCUT2D eigenvalue weighted by atomic mass is 14.5. The smallest absolute Gasteiger partial charge is 0.0624 e. The standard InChI is InChI=1S/C8H11N/c9-2-1-6-3-7-5-8(7)4-6/h6-8H,1,3-5H2/t7-,8-/m1/s1. The van der Waals surface area contributed by atoms with Crippen LogP contribution in [0.1, 0.15) is 25.7 Å². The second kappa shape index (κ2) is 1.73. The van der Waals surface area contributed by atoms with E-state index in [0.717, 1.165) is 24.2 Å². The van der Waals surface area contributed by atoms with Crippen molar-refractivity contribution >= 4 is 0 Å². The molecule has 0 N–H and O–H groups in total. The molecule has 1 nitrogen and oxygen atoms in total. The van der Waals surface area contributed by atoms with Gasteiger partial charge in [0.25, 0.3) is 0 Å². The molecule has 0 saturated heterocycles. The van der Waals surface area contributed by atoms with Gasteiger partial charge in [0, 0.05) is 6.42 Å². The van der Waals surface area contributed by atoms with Crippen molar-refractivity contribution in [2.75, 3.05) is 0 Å². The quantitative estimate of drug-likeness (QED) is 0.520. The lowest BCUT2D eigenvalue weighted by molar-refractivity contribution is 0.498. The zero-order valence-corrected chi connectivity index (χ0v) is 5.51. The molecule has 0 aromatic carbocycles. The van der Waals surface area contributed by atoms with E-state index in [1.54, 1.807) is 0 Å². The van der Waals surface area contributed by atoms with Crippen LogP contribution < -0.4 is 0 Å². The molecule has 2 aliphatic carbocycles. The van der Waals surface area contributed by atoms with Gasteiger partial charge in [0.15, 0.2) is 0 Å². The summed E-state index contributed by atoms with van der Waals surface area (Å²) in [6.45, 7) is 0. The zero-order valence-electron chi connectivity index (χ0n) is 5.51. The fraction of sp³-hybridized carbons (Fsp3) is 0.875. The summed E-state index contributed by atoms with van der Waals surface area (Å²) >= 11 is 0. The molecule has 2 fully saturated rings. The van der Waals surface area contributed by atoms with Crippen molar-refractivity contribution in [1.82, 2.24) is 0 Å². The molecular weight excluding hydrogens is 110 g/mol. The molecule has 1 heteroatoms. The number of hydrogen-bond acceptors (Lipinski definition) is 1. The molecule has 2 saturated carbocycles. The summed E-state index contributed by atoms with van der Waals surface area (Å²) in [6, 6.07) is 2.25. The number of fused-ring (bicyclic) bond motifs is 1. The SMILES string of the molecule is N#CCC1C[C@@H]2C[C@H]2C1. The van der Waals surface area contributed by atoms with Crippen LogP contribution in [0.5, 0.6) is 0 Å². The summed E-state index contributed by atoms with van der Waals surface area (Å²) in [5, 5.41) is 8.38. The van der Waals surface area contributed by atoms with E-state index in [1.165, 1.54) is 19.3 Å². The van der Waals surface area contributed by atoms with Crippen LogP contribution in [0.25, 0.3) is 0 Å². The highest BCUT2D eigenvalue weighted by molar-refractivity contribution is 4.97. The number of hydrogen-bond donors (Lipinski definition) is 0. The molecule has 0 radical (unpaired) electrons. The van der Waals surface area contributed by atoms with Crippen molar-refractivity contribution in [3.8, 4) is 6.07 Å². The van der Waals surface area contributed by atoms with Crippen molar-refractivity contribution in [2.45, 2.75) is 25.7 Å². The van der Waals surface area contributed by atoms with Gasteiger partial charge in [0.1, 0.15) is 0 Å². The van der Waals surface area contributed by atoms with E-state index in [1.807, 2.05) is 0 Å². The summed E-state index contributed by atoms with van der Waals surface area (Å²) in [7, 11) is 0. The van der Waals surface area contributed by atoms with Gasteiger partial charge >= 0.3 is 0 Å². The predicted molar refractivity (Wildman–Crippen MR) is 34.6 cm³/mol. The Balaban J connectivity index is 1.85. The van der Waals surface area contributed by atoms with Crippen molar-refractivity contribution in [3.63, 3.8) is 0 Å². The largest absolute Gasteiger partial charge is 0.198 e. The molecule has 9 heavy (non-hydrogen) atoms. The zero-order chi connectivity index (χ0) is 6.27. The molecule has 2 atom stereocenters. The minimum absolute atomic E-state index is 0.777. The third-order valence-electron chi connectivity index (χ3n) is 2.72. The minimum Gasteiger partial charge on any atom is -0.198 e. The van der Waals surface area contributed by atoms with E-state index in [-0.39, 0.29) is 0 Å². The van der Waals surface area contributed by atoms with Gasteiger partial charge in [-0.2, -0.15) is 5.26 Å². The summed E-state index contributed by atoms with van der Waals surface area (Å²) in [5.74, 6) is 2.87. The lowest BCUT2D eigenvalue weighted by atomic mass is 10.0. The Kier molecular flexibility index (Phi) is 1.02. The molecule has 0 aliphatic heterocycles. The third kappa shape index (κ3) is 0.830. The first-order chi connectivity index (χ1) is 4.40. The summed E-state index contributed by atoms with van der Waals surface area (Å²) in [4.78, 5) is 0. The van der Waals surface area contributed by atoms with Crippen LogP contribution in [0.3, 0.4) is 0 Å². The topological polar surface area (TPSA) is 23.8 Å². The van der Waals surface area contributed by atoms with Gasteiger partial charge in [-0.3, -0.25) is 0 Å². The molecule has 2 aliphatic rings. The van der Waals surface area contributed by atoms with Crippen LogP contribution in [-0.2, 0) is 0 Å². The van der Waals surface area contributed by atoms with Crippen molar-refractivity contribution < 1.29 is 0 Å². The van der Waals surface area contributed by atoms with Crippen LogP contribution >= 0.6 is 0 Å². The van der Waals surface area contributed by atoms with Crippen molar-refractivity contribution in [1.29, 1.82) is 5.26 Å². The number of nitriles is 1. The van der Waals surface area contributed by atoms with E-state index in [9.17, 15) is 0 Å². The van der Waals surface area contributed by atoms with E-state index >= 15 is 0 Å². The third-order valence-corrected chi connectivity index (χ3v) is 2.72. The average molecular weight is 121 g/mol. The summed E-state index contributed by atoms with van der Waals surface area (Å²) in [5.41, 5.74) is 0. The van der Waals surface area contributed by atoms with E-state index in [2.05, 4.69) is 6.07 Å². The summed E-state index contributed by atoms with van der Waals surface area (Å²) in [6.07, 6.45) is 5.01. The Morgan fingerprint density at radius 2 is 1.89 bits per heavy atom. The van der Waals surface area contributed by atoms with Gasteiger partial charge in [0.05, 0.1) is 6.07 Å². The molecular formula is C8H11N. The van der Waals surface area contributed by atoms with Crippen LogP contribution in [0.4, 0.5) is 0 Å². The lowest BCUT2D eigenvalue weighted by Crippen LogP contribution is -1.93. The predicted octanol–water partition coefficient (Wildman–Crippen LogP) is 1.95. The fourth-order valence-electron chi connectivity index (χ4n) is 2.14. The molecule has 0 aromatic heterocycles. The maximum Gasteiger partial charge on any atom is 0.0624 e. The molecule has 0 bridgehead atoms. The first-order valence-electron chi connectivity index (χ1n) is 3.77. The highest BCUT2D eigenvalue weighted by Crippen LogP contribution is 2.54. The highest BCUT2D eigenvalue weighted by Gasteiger charge is 2.45. The molecule has 0 amide bonds. The van der Waals surface area contributed by atoms with E-state index in [4.69, 9.17) is 5.26 Å². The normalized spacial score (nSPS) is 39.9. The second-order valence-corrected chi connectivity index (χ2v) is 3.46. The number of rotatable bonds is 1. The first-order valence-corrected chi connectivity index (χ1v) is 3.77. The number of nitrogens with zero attached hydrogens (tertiary/aromatic N) is 1. The van der Waals surface area contributed by atoms with Gasteiger partial charge in [-0.15, -0.1) is 0 Å². The van der Waals surface area contributed by atoms with Crippen LogP contribution in [-0.4, -0.2) is 0 Å². The monoisotopic (exact) mass is 121 g/mol. The average Bonchev–Trinajstić information content (AvgIpc) is 2.42. The fourth-order valence-corrected chi connectivity index (χ4v) is 2.14. The van der Waals surface area contributed by atoms with E-state index < -0.39 is 0 Å². The molecule has 2 rings (SSSR count). The Hall–Kier alpha value is -0.510. The van der Waals surface area contributed by atoms with Gasteiger partial charge in [-0.25, -0.2) is 0 Å². The van der Waals surface area contributed by atoms with Gasteiger partial charge < -0.3 is 0 Å². The van der Waals surface area contributed by atoms with Crippen LogP contribution in [0, 0.1) is 29.1 Å².